The molecule has 0 spiro atoms. The van der Waals surface area contributed by atoms with Gasteiger partial charge in [-0.3, -0.25) is 9.55 Å². The van der Waals surface area contributed by atoms with Crippen LogP contribution in [0.3, 0.4) is 0 Å². The fourth-order valence-corrected chi connectivity index (χ4v) is 2.58. The smallest absolute Gasteiger partial charge is 0.397 e. The largest absolute Gasteiger partial charge is 0.448 e. The van der Waals surface area contributed by atoms with Crippen LogP contribution in [0.5, 0.6) is 6.01 Å². The summed E-state index contributed by atoms with van der Waals surface area (Å²) in [5.41, 5.74) is 6.75. The van der Waals surface area contributed by atoms with Crippen molar-refractivity contribution in [3.63, 3.8) is 0 Å². The van der Waals surface area contributed by atoms with Gasteiger partial charge in [0.1, 0.15) is 19.1 Å². The Bertz CT molecular complexity index is 695. The molecule has 0 aliphatic rings. The molecule has 0 fully saturated rings. The average Bonchev–Trinajstić information content (AvgIpc) is 2.96. The van der Waals surface area contributed by atoms with Crippen molar-refractivity contribution in [3.8, 4) is 6.01 Å². The summed E-state index contributed by atoms with van der Waals surface area (Å²) < 4.78 is 26.6. The highest BCUT2D eigenvalue weighted by molar-refractivity contribution is 7.52. The van der Waals surface area contributed by atoms with E-state index in [4.69, 9.17) is 15.2 Å². The zero-order valence-corrected chi connectivity index (χ0v) is 13.3. The number of imidazole rings is 1. The third-order valence-electron chi connectivity index (χ3n) is 2.75. The second kappa shape index (κ2) is 7.66. The first-order valence-corrected chi connectivity index (χ1v) is 8.55. The van der Waals surface area contributed by atoms with Gasteiger partial charge in [0.25, 0.3) is 0 Å². The van der Waals surface area contributed by atoms with Crippen LogP contribution < -0.4 is 15.5 Å². The van der Waals surface area contributed by atoms with Crippen molar-refractivity contribution in [3.05, 3.63) is 6.33 Å². The molecule has 23 heavy (non-hydrogen) atoms. The third kappa shape index (κ3) is 4.85. The van der Waals surface area contributed by atoms with Crippen molar-refractivity contribution in [2.75, 3.05) is 31.9 Å². The number of aromatic nitrogens is 4. The van der Waals surface area contributed by atoms with Crippen LogP contribution in [-0.2, 0) is 13.8 Å². The van der Waals surface area contributed by atoms with Crippen molar-refractivity contribution in [2.24, 2.45) is 0 Å². The molecule has 0 aromatic carbocycles. The van der Waals surface area contributed by atoms with E-state index in [9.17, 15) is 14.6 Å². The maximum atomic E-state index is 11.5. The summed E-state index contributed by atoms with van der Waals surface area (Å²) in [6, 6.07) is -0.00936. The van der Waals surface area contributed by atoms with Gasteiger partial charge in [0.05, 0.1) is 13.2 Å². The second-order valence-electron chi connectivity index (χ2n) is 4.51. The lowest BCUT2D eigenvalue weighted by Gasteiger charge is -2.17. The predicted molar refractivity (Wildman–Crippen MR) is 78.6 cm³/mol. The summed E-state index contributed by atoms with van der Waals surface area (Å²) >= 11 is 0. The van der Waals surface area contributed by atoms with Gasteiger partial charge in [0.15, 0.2) is 12.1 Å². The number of nitrogens with two attached hydrogens (primary N) is 1. The van der Waals surface area contributed by atoms with Crippen molar-refractivity contribution in [1.29, 1.82) is 0 Å². The van der Waals surface area contributed by atoms with Crippen LogP contribution >= 0.6 is 7.60 Å². The summed E-state index contributed by atoms with van der Waals surface area (Å²) in [4.78, 5) is 23.1. The number of nitrogen functional groups attached to an aromatic ring is 1. The highest BCUT2D eigenvalue weighted by Gasteiger charge is 2.23. The van der Waals surface area contributed by atoms with Crippen molar-refractivity contribution in [1.82, 2.24) is 15.0 Å². The molecular weight excluding hydrogens is 329 g/mol. The molecular formula is C11H19N5O6P+. The second-order valence-corrected chi connectivity index (χ2v) is 6.31. The molecule has 2 heterocycles. The highest BCUT2D eigenvalue weighted by Crippen LogP contribution is 2.41. The SMILES string of the molecule is CCOP(=O)(O)COC(CO)COc1nc(N)c2[nH]c[nH+]c2n1. The van der Waals surface area contributed by atoms with Crippen LogP contribution in [0.15, 0.2) is 6.33 Å². The molecule has 0 aliphatic carbocycles. The zero-order chi connectivity index (χ0) is 16.9. The van der Waals surface area contributed by atoms with Gasteiger partial charge in [0, 0.05) is 0 Å². The van der Waals surface area contributed by atoms with Gasteiger partial charge in [-0.1, -0.05) is 0 Å². The molecule has 12 heteroatoms. The Balaban J connectivity index is 1.92. The van der Waals surface area contributed by atoms with Crippen molar-refractivity contribution >= 4 is 24.6 Å². The number of nitrogens with zero attached hydrogens (tertiary/aromatic N) is 2. The number of nitrogens with one attached hydrogen (secondary N) is 2. The Morgan fingerprint density at radius 3 is 3.00 bits per heavy atom. The van der Waals surface area contributed by atoms with E-state index < -0.39 is 26.7 Å². The monoisotopic (exact) mass is 348 g/mol. The first-order valence-electron chi connectivity index (χ1n) is 6.79. The predicted octanol–water partition coefficient (Wildman–Crippen LogP) is -0.710. The summed E-state index contributed by atoms with van der Waals surface area (Å²) in [6.45, 7) is 1.13. The zero-order valence-electron chi connectivity index (χ0n) is 12.4. The van der Waals surface area contributed by atoms with Crippen LogP contribution in [0.4, 0.5) is 5.82 Å². The first kappa shape index (κ1) is 17.6. The molecule has 2 unspecified atom stereocenters. The van der Waals surface area contributed by atoms with E-state index in [0.29, 0.717) is 11.2 Å². The van der Waals surface area contributed by atoms with E-state index >= 15 is 0 Å². The minimum atomic E-state index is -3.84. The number of rotatable bonds is 9. The van der Waals surface area contributed by atoms with E-state index in [2.05, 4.69) is 24.5 Å². The van der Waals surface area contributed by atoms with E-state index in [0.717, 1.165) is 0 Å². The Hall–Kier alpha value is -1.78. The van der Waals surface area contributed by atoms with Gasteiger partial charge in [-0.2, -0.15) is 4.98 Å². The van der Waals surface area contributed by atoms with Crippen molar-refractivity contribution < 1.29 is 33.5 Å². The molecule has 128 valence electrons. The lowest BCUT2D eigenvalue weighted by atomic mass is 10.4. The standard InChI is InChI=1S/C11H18N5O6P/c1-2-22-23(18,19)6-21-7(3-17)4-20-11-15-9(12)8-10(16-11)14-5-13-8/h5,7,17H,2-4,6H2,1H3,(H,18,19)(H3,12,13,14,15,16)/p+1. The summed E-state index contributed by atoms with van der Waals surface area (Å²) in [7, 11) is -3.84. The topological polar surface area (TPSA) is 167 Å². The number of hydrogen-bond acceptors (Lipinski definition) is 8. The van der Waals surface area contributed by atoms with Gasteiger partial charge in [-0.05, 0) is 11.9 Å². The van der Waals surface area contributed by atoms with Gasteiger partial charge >= 0.3 is 19.3 Å². The maximum Gasteiger partial charge on any atom is 0.397 e. The highest BCUT2D eigenvalue weighted by atomic mass is 31.2. The lowest BCUT2D eigenvalue weighted by molar-refractivity contribution is -0.347. The quantitative estimate of drug-likeness (QED) is 0.428. The Kier molecular flexibility index (Phi) is 5.85. The minimum absolute atomic E-state index is 0.00936. The summed E-state index contributed by atoms with van der Waals surface area (Å²) in [6.07, 6.45) is 0.154. The molecule has 2 atom stereocenters. The molecule has 0 saturated carbocycles. The van der Waals surface area contributed by atoms with Gasteiger partial charge in [-0.25, -0.2) is 4.98 Å². The van der Waals surface area contributed by atoms with Crippen LogP contribution in [0, 0.1) is 0 Å². The van der Waals surface area contributed by atoms with Crippen LogP contribution in [0.2, 0.25) is 0 Å². The summed E-state index contributed by atoms with van der Waals surface area (Å²) in [5.74, 6) is 0.198. The van der Waals surface area contributed by atoms with Crippen LogP contribution in [0.1, 0.15) is 6.92 Å². The number of ether oxygens (including phenoxy) is 2. The molecule has 11 nitrogen and oxygen atoms in total. The molecule has 0 bridgehead atoms. The fraction of sp³-hybridized carbons (Fsp3) is 0.545. The van der Waals surface area contributed by atoms with Gasteiger partial charge in [0.2, 0.25) is 5.52 Å². The molecule has 2 aromatic heterocycles. The normalized spacial score (nSPS) is 15.4. The number of aromatic amines is 2. The number of anilines is 1. The third-order valence-corrected chi connectivity index (χ3v) is 3.89. The number of aliphatic hydroxyl groups is 1. The number of hydrogen-bond donors (Lipinski definition) is 4. The molecule has 0 saturated heterocycles. The van der Waals surface area contributed by atoms with E-state index in [1.807, 2.05) is 0 Å². The molecule has 0 radical (unpaired) electrons. The Morgan fingerprint density at radius 1 is 1.52 bits per heavy atom. The molecule has 0 amide bonds. The molecule has 2 rings (SSSR count). The van der Waals surface area contributed by atoms with Crippen LogP contribution in [-0.4, -0.2) is 57.2 Å². The minimum Gasteiger partial charge on any atom is -0.448 e. The maximum absolute atomic E-state index is 11.5. The fourth-order valence-electron chi connectivity index (χ4n) is 1.70. The number of aliphatic hydroxyl groups excluding tert-OH is 1. The van der Waals surface area contributed by atoms with Crippen LogP contribution in [0.25, 0.3) is 11.2 Å². The molecule has 0 aliphatic heterocycles. The van der Waals surface area contributed by atoms with Crippen molar-refractivity contribution in [2.45, 2.75) is 13.0 Å². The first-order chi connectivity index (χ1) is 10.9. The number of H-pyrrole nitrogens is 2. The Morgan fingerprint density at radius 2 is 2.30 bits per heavy atom. The van der Waals surface area contributed by atoms with Gasteiger partial charge < -0.3 is 29.7 Å². The molecule has 2 aromatic rings. The molecule has 6 N–H and O–H groups in total. The van der Waals surface area contributed by atoms with Gasteiger partial charge in [-0.15, -0.1) is 0 Å². The lowest BCUT2D eigenvalue weighted by Crippen LogP contribution is -2.27. The van der Waals surface area contributed by atoms with E-state index in [1.165, 1.54) is 0 Å². The number of fused-ring (bicyclic) bond motifs is 1. The van der Waals surface area contributed by atoms with E-state index in [-0.39, 0.29) is 25.0 Å². The Labute approximate surface area is 131 Å². The average molecular weight is 348 g/mol. The summed E-state index contributed by atoms with van der Waals surface area (Å²) in [5, 5.41) is 9.23. The van der Waals surface area contributed by atoms with E-state index in [1.54, 1.807) is 13.3 Å².